The van der Waals surface area contributed by atoms with Crippen molar-refractivity contribution in [1.82, 2.24) is 5.32 Å². The minimum atomic E-state index is -4.41. The summed E-state index contributed by atoms with van der Waals surface area (Å²) in [6.45, 7) is 0.387. The van der Waals surface area contributed by atoms with E-state index in [9.17, 15) is 18.0 Å². The van der Waals surface area contributed by atoms with E-state index in [4.69, 9.17) is 17.3 Å². The first-order valence-electron chi connectivity index (χ1n) is 7.05. The van der Waals surface area contributed by atoms with Gasteiger partial charge in [0.15, 0.2) is 0 Å². The molecule has 0 bridgehead atoms. The number of hydrogen-bond acceptors (Lipinski definition) is 2. The van der Waals surface area contributed by atoms with Crippen molar-refractivity contribution in [2.45, 2.75) is 12.6 Å². The zero-order valence-corrected chi connectivity index (χ0v) is 13.2. The molecule has 2 aromatic rings. The number of carbonyl (C=O) groups is 1. The number of rotatable bonds is 5. The number of aromatic carboxylic acids is 1. The van der Waals surface area contributed by atoms with Gasteiger partial charge < -0.3 is 10.4 Å². The summed E-state index contributed by atoms with van der Waals surface area (Å²) in [7, 11) is 0. The van der Waals surface area contributed by atoms with Crippen LogP contribution in [-0.4, -0.2) is 22.6 Å². The lowest BCUT2D eigenvalue weighted by Gasteiger charge is -2.11. The van der Waals surface area contributed by atoms with Crippen LogP contribution in [0.4, 0.5) is 13.2 Å². The SMILES string of the molecule is O=C(O)c1cccc(CCNC(=S)c2cccc(C(F)(F)F)c2)c1. The minimum Gasteiger partial charge on any atom is -0.478 e. The van der Waals surface area contributed by atoms with E-state index in [1.807, 2.05) is 0 Å². The van der Waals surface area contributed by atoms with Gasteiger partial charge in [0.1, 0.15) is 4.99 Å². The summed E-state index contributed by atoms with van der Waals surface area (Å²) in [5, 5.41) is 11.8. The fraction of sp³-hybridized carbons (Fsp3) is 0.176. The fourth-order valence-electron chi connectivity index (χ4n) is 2.12. The molecule has 0 saturated heterocycles. The number of hydrogen-bond donors (Lipinski definition) is 2. The molecule has 0 atom stereocenters. The average Bonchev–Trinajstić information content (AvgIpc) is 2.54. The highest BCUT2D eigenvalue weighted by Crippen LogP contribution is 2.29. The van der Waals surface area contributed by atoms with Crippen LogP contribution in [0.25, 0.3) is 0 Å². The van der Waals surface area contributed by atoms with Crippen LogP contribution in [0.2, 0.25) is 0 Å². The van der Waals surface area contributed by atoms with Crippen LogP contribution in [0.1, 0.15) is 27.0 Å². The summed E-state index contributed by atoms with van der Waals surface area (Å²) < 4.78 is 38.1. The first-order chi connectivity index (χ1) is 11.3. The van der Waals surface area contributed by atoms with Gasteiger partial charge in [-0.2, -0.15) is 13.2 Å². The van der Waals surface area contributed by atoms with E-state index in [1.54, 1.807) is 18.2 Å². The molecule has 7 heteroatoms. The van der Waals surface area contributed by atoms with E-state index in [1.165, 1.54) is 18.2 Å². The minimum absolute atomic E-state index is 0.188. The number of nitrogens with one attached hydrogen (secondary N) is 1. The molecule has 0 aromatic heterocycles. The molecule has 0 aliphatic rings. The van der Waals surface area contributed by atoms with Gasteiger partial charge in [-0.25, -0.2) is 4.79 Å². The molecule has 0 unspecified atom stereocenters. The zero-order valence-electron chi connectivity index (χ0n) is 12.4. The van der Waals surface area contributed by atoms with Crippen molar-refractivity contribution in [3.8, 4) is 0 Å². The van der Waals surface area contributed by atoms with E-state index in [0.29, 0.717) is 18.5 Å². The Morgan fingerprint density at radius 2 is 1.75 bits per heavy atom. The molecule has 3 nitrogen and oxygen atoms in total. The van der Waals surface area contributed by atoms with Crippen molar-refractivity contribution in [3.63, 3.8) is 0 Å². The zero-order chi connectivity index (χ0) is 17.7. The maximum absolute atomic E-state index is 12.7. The molecule has 2 N–H and O–H groups in total. The van der Waals surface area contributed by atoms with Gasteiger partial charge in [0.25, 0.3) is 0 Å². The van der Waals surface area contributed by atoms with Crippen LogP contribution < -0.4 is 5.32 Å². The van der Waals surface area contributed by atoms with Crippen LogP contribution in [-0.2, 0) is 12.6 Å². The number of benzene rings is 2. The summed E-state index contributed by atoms with van der Waals surface area (Å²) in [5.74, 6) is -1.01. The second kappa shape index (κ2) is 7.44. The molecule has 0 spiro atoms. The molecule has 0 saturated carbocycles. The quantitative estimate of drug-likeness (QED) is 0.800. The predicted octanol–water partition coefficient (Wildman–Crippen LogP) is 3.91. The molecule has 0 aliphatic heterocycles. The van der Waals surface area contributed by atoms with E-state index in [2.05, 4.69) is 5.32 Å². The van der Waals surface area contributed by atoms with Crippen LogP contribution >= 0.6 is 12.2 Å². The molecule has 0 radical (unpaired) electrons. The van der Waals surface area contributed by atoms with E-state index in [0.717, 1.165) is 17.7 Å². The maximum Gasteiger partial charge on any atom is 0.416 e. The van der Waals surface area contributed by atoms with Crippen molar-refractivity contribution < 1.29 is 23.1 Å². The normalized spacial score (nSPS) is 11.1. The van der Waals surface area contributed by atoms with Crippen molar-refractivity contribution in [2.75, 3.05) is 6.54 Å². The second-order valence-electron chi connectivity index (χ2n) is 5.09. The molecule has 0 aliphatic carbocycles. The number of carboxylic acid groups (broad SMARTS) is 1. The van der Waals surface area contributed by atoms with Gasteiger partial charge >= 0.3 is 12.1 Å². The van der Waals surface area contributed by atoms with Crippen LogP contribution in [0, 0.1) is 0 Å². The Balaban J connectivity index is 1.96. The number of thiocarbonyl (C=S) groups is 1. The van der Waals surface area contributed by atoms with E-state index in [-0.39, 0.29) is 10.6 Å². The third-order valence-electron chi connectivity index (χ3n) is 3.33. The summed E-state index contributed by atoms with van der Waals surface area (Å²) in [4.78, 5) is 11.1. The topological polar surface area (TPSA) is 49.3 Å². The number of halogens is 3. The molecule has 24 heavy (non-hydrogen) atoms. The molecule has 0 heterocycles. The Kier molecular flexibility index (Phi) is 5.56. The highest BCUT2D eigenvalue weighted by molar-refractivity contribution is 7.80. The molecule has 2 rings (SSSR count). The Morgan fingerprint density at radius 1 is 1.08 bits per heavy atom. The monoisotopic (exact) mass is 353 g/mol. The van der Waals surface area contributed by atoms with Crippen LogP contribution in [0.15, 0.2) is 48.5 Å². The molecule has 2 aromatic carbocycles. The smallest absolute Gasteiger partial charge is 0.416 e. The predicted molar refractivity (Wildman–Crippen MR) is 88.3 cm³/mol. The molecular weight excluding hydrogens is 339 g/mol. The Hall–Kier alpha value is -2.41. The van der Waals surface area contributed by atoms with Crippen LogP contribution in [0.5, 0.6) is 0 Å². The average molecular weight is 353 g/mol. The lowest BCUT2D eigenvalue weighted by molar-refractivity contribution is -0.137. The molecule has 0 fully saturated rings. The summed E-state index contributed by atoms with van der Waals surface area (Å²) >= 11 is 5.11. The standard InChI is InChI=1S/C17H14F3NO2S/c18-17(19,20)14-6-2-4-12(10-14)15(24)21-8-7-11-3-1-5-13(9-11)16(22)23/h1-6,9-10H,7-8H2,(H,21,24)(H,22,23). The third-order valence-corrected chi connectivity index (χ3v) is 3.71. The van der Waals surface area contributed by atoms with Gasteiger partial charge in [0.05, 0.1) is 11.1 Å². The lowest BCUT2D eigenvalue weighted by Crippen LogP contribution is -2.25. The van der Waals surface area contributed by atoms with Crippen molar-refractivity contribution in [1.29, 1.82) is 0 Å². The fourth-order valence-corrected chi connectivity index (χ4v) is 2.35. The van der Waals surface area contributed by atoms with Crippen molar-refractivity contribution >= 4 is 23.2 Å². The van der Waals surface area contributed by atoms with Crippen molar-refractivity contribution in [2.24, 2.45) is 0 Å². The van der Waals surface area contributed by atoms with E-state index < -0.39 is 17.7 Å². The largest absolute Gasteiger partial charge is 0.478 e. The summed E-state index contributed by atoms with van der Waals surface area (Å²) in [6.07, 6.45) is -3.91. The summed E-state index contributed by atoms with van der Waals surface area (Å²) in [5.41, 5.74) is 0.527. The van der Waals surface area contributed by atoms with Gasteiger partial charge in [-0.3, -0.25) is 0 Å². The van der Waals surface area contributed by atoms with Gasteiger partial charge in [-0.15, -0.1) is 0 Å². The molecule has 126 valence electrons. The van der Waals surface area contributed by atoms with Gasteiger partial charge in [-0.05, 0) is 36.2 Å². The highest BCUT2D eigenvalue weighted by Gasteiger charge is 2.30. The first kappa shape index (κ1) is 17.9. The third kappa shape index (κ3) is 4.79. The first-order valence-corrected chi connectivity index (χ1v) is 7.46. The van der Waals surface area contributed by atoms with E-state index >= 15 is 0 Å². The summed E-state index contributed by atoms with van der Waals surface area (Å²) in [6, 6.07) is 11.3. The lowest BCUT2D eigenvalue weighted by atomic mass is 10.1. The number of carboxylic acids is 1. The maximum atomic E-state index is 12.7. The van der Waals surface area contributed by atoms with Crippen LogP contribution in [0.3, 0.4) is 0 Å². The van der Waals surface area contributed by atoms with Gasteiger partial charge in [0.2, 0.25) is 0 Å². The second-order valence-corrected chi connectivity index (χ2v) is 5.50. The number of alkyl halides is 3. The molecule has 0 amide bonds. The van der Waals surface area contributed by atoms with Gasteiger partial charge in [-0.1, -0.05) is 36.5 Å². The Bertz CT molecular complexity index is 759. The Labute approximate surface area is 142 Å². The molecular formula is C17H14F3NO2S. The Morgan fingerprint density at radius 3 is 2.42 bits per heavy atom. The highest BCUT2D eigenvalue weighted by atomic mass is 32.1. The van der Waals surface area contributed by atoms with Crippen molar-refractivity contribution in [3.05, 3.63) is 70.8 Å². The van der Waals surface area contributed by atoms with Gasteiger partial charge in [0, 0.05) is 12.1 Å².